The number of carboxylic acids is 1. The molecule has 0 spiro atoms. The lowest BCUT2D eigenvalue weighted by molar-refractivity contribution is 0.0684. The quantitative estimate of drug-likeness (QED) is 0.721. The van der Waals surface area contributed by atoms with Gasteiger partial charge in [-0.3, -0.25) is 4.79 Å². The Hall–Kier alpha value is -1.85. The van der Waals surface area contributed by atoms with Gasteiger partial charge >= 0.3 is 5.97 Å². The van der Waals surface area contributed by atoms with Crippen molar-refractivity contribution < 1.29 is 14.7 Å². The van der Waals surface area contributed by atoms with Gasteiger partial charge in [-0.1, -0.05) is 13.8 Å². The number of H-pyrrole nitrogens is 1. The first-order valence-corrected chi connectivity index (χ1v) is 5.49. The second kappa shape index (κ2) is 5.47. The van der Waals surface area contributed by atoms with Crippen LogP contribution in [0.2, 0.25) is 0 Å². The Kier molecular flexibility index (Phi) is 4.25. The summed E-state index contributed by atoms with van der Waals surface area (Å²) in [5.41, 5.74) is -0.257. The third-order valence-electron chi connectivity index (χ3n) is 2.27. The first-order chi connectivity index (χ1) is 7.91. The maximum absolute atomic E-state index is 11.8. The average Bonchev–Trinajstić information content (AvgIpc) is 2.63. The maximum atomic E-state index is 11.8. The molecule has 0 saturated heterocycles. The molecule has 0 bridgehead atoms. The molecule has 6 heteroatoms. The fourth-order valence-corrected chi connectivity index (χ4v) is 1.69. The molecular formula is C11H17N3O3. The molecule has 0 saturated carbocycles. The van der Waals surface area contributed by atoms with Gasteiger partial charge < -0.3 is 15.4 Å². The molecule has 0 aliphatic heterocycles. The van der Waals surface area contributed by atoms with E-state index in [0.717, 1.165) is 6.42 Å². The number of hydrogen-bond acceptors (Lipinski definition) is 3. The fourth-order valence-electron chi connectivity index (χ4n) is 1.69. The van der Waals surface area contributed by atoms with Gasteiger partial charge in [-0.05, 0) is 19.3 Å². The molecule has 0 aliphatic rings. The fraction of sp³-hybridized carbons (Fsp3) is 0.545. The molecule has 1 aromatic heterocycles. The van der Waals surface area contributed by atoms with Crippen molar-refractivity contribution in [1.29, 1.82) is 0 Å². The average molecular weight is 239 g/mol. The number of hydrogen-bond donors (Lipinski definition) is 3. The van der Waals surface area contributed by atoms with Crippen LogP contribution in [0.5, 0.6) is 0 Å². The van der Waals surface area contributed by atoms with Crippen LogP contribution in [0.15, 0.2) is 6.33 Å². The molecule has 0 aromatic carbocycles. The highest BCUT2D eigenvalue weighted by molar-refractivity contribution is 6.02. The second-order valence-electron chi connectivity index (χ2n) is 4.44. The molecule has 0 aliphatic carbocycles. The normalized spacial score (nSPS) is 12.5. The Morgan fingerprint density at radius 2 is 2.12 bits per heavy atom. The monoisotopic (exact) mass is 239 g/mol. The van der Waals surface area contributed by atoms with Crippen LogP contribution in [-0.4, -0.2) is 33.0 Å². The molecule has 0 fully saturated rings. The van der Waals surface area contributed by atoms with E-state index in [1.54, 1.807) is 0 Å². The van der Waals surface area contributed by atoms with Crippen molar-refractivity contribution in [3.05, 3.63) is 17.7 Å². The van der Waals surface area contributed by atoms with Crippen LogP contribution in [0.4, 0.5) is 0 Å². The van der Waals surface area contributed by atoms with Gasteiger partial charge in [0.15, 0.2) is 11.4 Å². The van der Waals surface area contributed by atoms with Crippen molar-refractivity contribution in [3.8, 4) is 0 Å². The largest absolute Gasteiger partial charge is 0.477 e. The predicted molar refractivity (Wildman–Crippen MR) is 61.9 cm³/mol. The van der Waals surface area contributed by atoms with E-state index in [-0.39, 0.29) is 17.4 Å². The standard InChI is InChI=1S/C11H17N3O3/c1-6(2)4-7(3)14-10(15)8-9(11(16)17)13-5-12-8/h5-7H,4H2,1-3H3,(H,12,13)(H,14,15)(H,16,17). The third kappa shape index (κ3) is 3.58. The first-order valence-electron chi connectivity index (χ1n) is 5.49. The topological polar surface area (TPSA) is 95.1 Å². The van der Waals surface area contributed by atoms with Gasteiger partial charge in [-0.25, -0.2) is 9.78 Å². The number of carbonyl (C=O) groups excluding carboxylic acids is 1. The van der Waals surface area contributed by atoms with Gasteiger partial charge in [0.2, 0.25) is 0 Å². The molecule has 3 N–H and O–H groups in total. The van der Waals surface area contributed by atoms with E-state index >= 15 is 0 Å². The SMILES string of the molecule is CC(C)CC(C)NC(=O)c1nc[nH]c1C(=O)O. The molecule has 1 rings (SSSR count). The zero-order valence-corrected chi connectivity index (χ0v) is 10.2. The molecule has 94 valence electrons. The van der Waals surface area contributed by atoms with E-state index in [2.05, 4.69) is 29.1 Å². The van der Waals surface area contributed by atoms with E-state index in [4.69, 9.17) is 5.11 Å². The van der Waals surface area contributed by atoms with Crippen molar-refractivity contribution in [2.24, 2.45) is 5.92 Å². The van der Waals surface area contributed by atoms with Crippen molar-refractivity contribution in [2.75, 3.05) is 0 Å². The highest BCUT2D eigenvalue weighted by Gasteiger charge is 2.20. The zero-order chi connectivity index (χ0) is 13.0. The second-order valence-corrected chi connectivity index (χ2v) is 4.44. The highest BCUT2D eigenvalue weighted by atomic mass is 16.4. The number of carbonyl (C=O) groups is 2. The van der Waals surface area contributed by atoms with Crippen LogP contribution >= 0.6 is 0 Å². The van der Waals surface area contributed by atoms with E-state index in [1.165, 1.54) is 6.33 Å². The summed E-state index contributed by atoms with van der Waals surface area (Å²) in [6.07, 6.45) is 2.03. The number of nitrogens with zero attached hydrogens (tertiary/aromatic N) is 1. The summed E-state index contributed by atoms with van der Waals surface area (Å²) in [6, 6.07) is -0.0131. The van der Waals surface area contributed by atoms with Gasteiger partial charge in [0.25, 0.3) is 5.91 Å². The van der Waals surface area contributed by atoms with E-state index in [1.807, 2.05) is 6.92 Å². The van der Waals surface area contributed by atoms with Crippen LogP contribution in [-0.2, 0) is 0 Å². The number of aromatic nitrogens is 2. The number of imidazole rings is 1. The molecule has 1 heterocycles. The molecule has 1 amide bonds. The summed E-state index contributed by atoms with van der Waals surface area (Å²) in [5.74, 6) is -1.19. The van der Waals surface area contributed by atoms with Gasteiger partial charge in [-0.15, -0.1) is 0 Å². The Bertz CT molecular complexity index is 412. The van der Waals surface area contributed by atoms with E-state index < -0.39 is 11.9 Å². The van der Waals surface area contributed by atoms with Crippen LogP contribution < -0.4 is 5.32 Å². The molecule has 1 aromatic rings. The number of aromatic carboxylic acids is 1. The first kappa shape index (κ1) is 13.2. The van der Waals surface area contributed by atoms with Crippen molar-refractivity contribution in [3.63, 3.8) is 0 Å². The maximum Gasteiger partial charge on any atom is 0.354 e. The zero-order valence-electron chi connectivity index (χ0n) is 10.2. The van der Waals surface area contributed by atoms with Gasteiger partial charge in [-0.2, -0.15) is 0 Å². The summed E-state index contributed by atoms with van der Waals surface area (Å²) in [7, 11) is 0. The summed E-state index contributed by atoms with van der Waals surface area (Å²) >= 11 is 0. The molecular weight excluding hydrogens is 222 g/mol. The van der Waals surface area contributed by atoms with E-state index in [9.17, 15) is 9.59 Å². The number of amides is 1. The van der Waals surface area contributed by atoms with Crippen LogP contribution in [0, 0.1) is 5.92 Å². The Morgan fingerprint density at radius 3 is 2.65 bits per heavy atom. The van der Waals surface area contributed by atoms with Crippen LogP contribution in [0.25, 0.3) is 0 Å². The molecule has 0 radical (unpaired) electrons. The Balaban J connectivity index is 2.70. The summed E-state index contributed by atoms with van der Waals surface area (Å²) in [5, 5.41) is 11.6. The lowest BCUT2D eigenvalue weighted by Crippen LogP contribution is -2.34. The number of aromatic amines is 1. The minimum atomic E-state index is -1.19. The van der Waals surface area contributed by atoms with Gasteiger partial charge in [0.1, 0.15) is 0 Å². The predicted octanol–water partition coefficient (Wildman–Crippen LogP) is 1.27. The molecule has 17 heavy (non-hydrogen) atoms. The third-order valence-corrected chi connectivity index (χ3v) is 2.27. The summed E-state index contributed by atoms with van der Waals surface area (Å²) < 4.78 is 0. The number of nitrogens with one attached hydrogen (secondary N) is 2. The van der Waals surface area contributed by atoms with Crippen molar-refractivity contribution >= 4 is 11.9 Å². The lowest BCUT2D eigenvalue weighted by atomic mass is 10.1. The highest BCUT2D eigenvalue weighted by Crippen LogP contribution is 2.07. The summed E-state index contributed by atoms with van der Waals surface area (Å²) in [4.78, 5) is 28.7. The van der Waals surface area contributed by atoms with E-state index in [0.29, 0.717) is 5.92 Å². The lowest BCUT2D eigenvalue weighted by Gasteiger charge is -2.15. The minimum absolute atomic E-state index is 0.0131. The molecule has 1 atom stereocenters. The summed E-state index contributed by atoms with van der Waals surface area (Å²) in [6.45, 7) is 5.99. The van der Waals surface area contributed by atoms with Crippen LogP contribution in [0.3, 0.4) is 0 Å². The molecule has 1 unspecified atom stereocenters. The number of carboxylic acid groups (broad SMARTS) is 1. The van der Waals surface area contributed by atoms with Gasteiger partial charge in [0, 0.05) is 6.04 Å². The Labute approximate surface area is 99.4 Å². The minimum Gasteiger partial charge on any atom is -0.477 e. The van der Waals surface area contributed by atoms with Gasteiger partial charge in [0.05, 0.1) is 6.33 Å². The number of rotatable bonds is 5. The Morgan fingerprint density at radius 1 is 1.47 bits per heavy atom. The van der Waals surface area contributed by atoms with Crippen LogP contribution in [0.1, 0.15) is 48.2 Å². The van der Waals surface area contributed by atoms with Crippen molar-refractivity contribution in [2.45, 2.75) is 33.2 Å². The van der Waals surface area contributed by atoms with Crippen molar-refractivity contribution in [1.82, 2.24) is 15.3 Å². The molecule has 6 nitrogen and oxygen atoms in total. The smallest absolute Gasteiger partial charge is 0.354 e.